The molecule has 0 saturated carbocycles. The molecule has 0 amide bonds. The third kappa shape index (κ3) is 2.45. The van der Waals surface area contributed by atoms with Crippen molar-refractivity contribution < 1.29 is 13.2 Å². The average molecular weight is 193 g/mol. The Hall–Kier alpha value is -1.04. The second kappa shape index (κ2) is 3.78. The summed E-state index contributed by atoms with van der Waals surface area (Å²) in [6.07, 6.45) is -3.16. The molecule has 0 atom stereocenters. The average Bonchev–Trinajstić information content (AvgIpc) is 2.47. The lowest BCUT2D eigenvalue weighted by molar-refractivity contribution is -0.141. The van der Waals surface area contributed by atoms with Crippen molar-refractivity contribution >= 4 is 0 Å². The highest BCUT2D eigenvalue weighted by atomic mass is 19.4. The van der Waals surface area contributed by atoms with Gasteiger partial charge in [-0.05, 0) is 6.54 Å². The zero-order valence-corrected chi connectivity index (χ0v) is 7.07. The van der Waals surface area contributed by atoms with Gasteiger partial charge in [0.25, 0.3) is 0 Å². The van der Waals surface area contributed by atoms with Gasteiger partial charge in [0.05, 0.1) is 6.20 Å². The molecule has 0 aliphatic carbocycles. The fourth-order valence-electron chi connectivity index (χ4n) is 0.950. The monoisotopic (exact) mass is 193 g/mol. The molecule has 0 spiro atoms. The van der Waals surface area contributed by atoms with Crippen LogP contribution in [0.4, 0.5) is 13.2 Å². The number of halogens is 3. The van der Waals surface area contributed by atoms with Crippen LogP contribution in [0.1, 0.15) is 18.2 Å². The summed E-state index contributed by atoms with van der Waals surface area (Å²) in [6.45, 7) is 2.64. The van der Waals surface area contributed by atoms with Crippen molar-refractivity contribution in [3.8, 4) is 0 Å². The molecule has 2 N–H and O–H groups in total. The largest absolute Gasteiger partial charge is 0.433 e. The molecule has 0 radical (unpaired) electrons. The minimum atomic E-state index is -4.35. The highest BCUT2D eigenvalue weighted by Gasteiger charge is 2.35. The van der Waals surface area contributed by atoms with Crippen molar-refractivity contribution in [2.24, 2.45) is 0 Å². The first-order valence-corrected chi connectivity index (χ1v) is 3.86. The summed E-state index contributed by atoms with van der Waals surface area (Å²) in [5.74, 6) is 0. The predicted molar refractivity (Wildman–Crippen MR) is 41.0 cm³/mol. The van der Waals surface area contributed by atoms with E-state index in [1.807, 2.05) is 12.0 Å². The van der Waals surface area contributed by atoms with E-state index in [4.69, 9.17) is 0 Å². The van der Waals surface area contributed by atoms with Gasteiger partial charge in [0.1, 0.15) is 5.69 Å². The van der Waals surface area contributed by atoms with E-state index >= 15 is 0 Å². The Kier molecular flexibility index (Phi) is 2.92. The summed E-state index contributed by atoms with van der Waals surface area (Å²) in [6, 6.07) is 0. The minimum Gasteiger partial charge on any atom is -0.313 e. The first kappa shape index (κ1) is 10.0. The number of nitrogens with zero attached hydrogens (tertiary/aromatic N) is 1. The molecule has 1 aromatic heterocycles. The molecule has 1 aromatic rings. The summed E-state index contributed by atoms with van der Waals surface area (Å²) < 4.78 is 36.6. The maximum atomic E-state index is 12.2. The van der Waals surface area contributed by atoms with Crippen LogP contribution in [-0.2, 0) is 12.7 Å². The molecule has 0 fully saturated rings. The SMILES string of the molecule is CCNCc1cn[nH]c1C(F)(F)F. The molecule has 0 aliphatic rings. The Morgan fingerprint density at radius 3 is 2.77 bits per heavy atom. The zero-order valence-electron chi connectivity index (χ0n) is 7.07. The number of rotatable bonds is 3. The topological polar surface area (TPSA) is 40.7 Å². The quantitative estimate of drug-likeness (QED) is 0.764. The van der Waals surface area contributed by atoms with E-state index < -0.39 is 11.9 Å². The predicted octanol–water partition coefficient (Wildman–Crippen LogP) is 1.54. The van der Waals surface area contributed by atoms with Crippen LogP contribution in [0, 0.1) is 0 Å². The third-order valence-electron chi connectivity index (χ3n) is 1.57. The molecule has 0 aromatic carbocycles. The van der Waals surface area contributed by atoms with Crippen molar-refractivity contribution in [3.63, 3.8) is 0 Å². The van der Waals surface area contributed by atoms with Gasteiger partial charge in [-0.1, -0.05) is 6.92 Å². The van der Waals surface area contributed by atoms with E-state index in [0.29, 0.717) is 6.54 Å². The minimum absolute atomic E-state index is 0.148. The maximum Gasteiger partial charge on any atom is 0.433 e. The zero-order chi connectivity index (χ0) is 9.90. The van der Waals surface area contributed by atoms with Crippen molar-refractivity contribution in [1.29, 1.82) is 0 Å². The van der Waals surface area contributed by atoms with E-state index in [1.165, 1.54) is 6.20 Å². The molecule has 0 unspecified atom stereocenters. The summed E-state index contributed by atoms with van der Waals surface area (Å²) >= 11 is 0. The first-order valence-electron chi connectivity index (χ1n) is 3.86. The number of hydrogen-bond acceptors (Lipinski definition) is 2. The highest BCUT2D eigenvalue weighted by Crippen LogP contribution is 2.29. The van der Waals surface area contributed by atoms with Crippen LogP contribution in [0.25, 0.3) is 0 Å². The molecular weight excluding hydrogens is 183 g/mol. The van der Waals surface area contributed by atoms with Crippen LogP contribution < -0.4 is 5.32 Å². The van der Waals surface area contributed by atoms with Gasteiger partial charge >= 0.3 is 6.18 Å². The molecule has 0 bridgehead atoms. The van der Waals surface area contributed by atoms with E-state index in [1.54, 1.807) is 0 Å². The molecule has 1 rings (SSSR count). The van der Waals surface area contributed by atoms with Gasteiger partial charge < -0.3 is 5.32 Å². The van der Waals surface area contributed by atoms with Gasteiger partial charge in [0.15, 0.2) is 0 Å². The van der Waals surface area contributed by atoms with Crippen LogP contribution in [0.3, 0.4) is 0 Å². The smallest absolute Gasteiger partial charge is 0.313 e. The van der Waals surface area contributed by atoms with E-state index in [2.05, 4.69) is 10.4 Å². The number of H-pyrrole nitrogens is 1. The number of aromatic nitrogens is 2. The van der Waals surface area contributed by atoms with E-state index in [9.17, 15) is 13.2 Å². The van der Waals surface area contributed by atoms with Gasteiger partial charge in [-0.2, -0.15) is 18.3 Å². The Morgan fingerprint density at radius 1 is 1.54 bits per heavy atom. The molecular formula is C7H10F3N3. The van der Waals surface area contributed by atoms with Crippen molar-refractivity contribution in [2.75, 3.05) is 6.54 Å². The number of hydrogen-bond donors (Lipinski definition) is 2. The Bertz CT molecular complexity index is 266. The lowest BCUT2D eigenvalue weighted by Gasteiger charge is -2.06. The van der Waals surface area contributed by atoms with Gasteiger partial charge in [0, 0.05) is 12.1 Å². The van der Waals surface area contributed by atoms with Crippen molar-refractivity contribution in [2.45, 2.75) is 19.6 Å². The van der Waals surface area contributed by atoms with Crippen molar-refractivity contribution in [3.05, 3.63) is 17.5 Å². The molecule has 0 saturated heterocycles. The van der Waals surface area contributed by atoms with Crippen LogP contribution in [-0.4, -0.2) is 16.7 Å². The van der Waals surface area contributed by atoms with Gasteiger partial charge in [-0.3, -0.25) is 5.10 Å². The maximum absolute atomic E-state index is 12.2. The van der Waals surface area contributed by atoms with Crippen molar-refractivity contribution in [1.82, 2.24) is 15.5 Å². The summed E-state index contributed by atoms with van der Waals surface area (Å²) in [5.41, 5.74) is -0.622. The molecule has 0 aliphatic heterocycles. The Balaban J connectivity index is 2.77. The van der Waals surface area contributed by atoms with Crippen LogP contribution >= 0.6 is 0 Å². The normalized spacial score (nSPS) is 12.0. The standard InChI is InChI=1S/C7H10F3N3/c1-2-11-3-5-4-12-13-6(5)7(8,9)10/h4,11H,2-3H2,1H3,(H,12,13). The summed E-state index contributed by atoms with van der Waals surface area (Å²) in [5, 5.41) is 8.10. The van der Waals surface area contributed by atoms with Gasteiger partial charge in [-0.25, -0.2) is 0 Å². The Labute approximate surface area is 73.3 Å². The summed E-state index contributed by atoms with van der Waals surface area (Å²) in [7, 11) is 0. The number of alkyl halides is 3. The molecule has 13 heavy (non-hydrogen) atoms. The fraction of sp³-hybridized carbons (Fsp3) is 0.571. The van der Waals surface area contributed by atoms with Gasteiger partial charge in [-0.15, -0.1) is 0 Å². The summed E-state index contributed by atoms with van der Waals surface area (Å²) in [4.78, 5) is 0. The van der Waals surface area contributed by atoms with Crippen LogP contribution in [0.2, 0.25) is 0 Å². The molecule has 74 valence electrons. The molecule has 3 nitrogen and oxygen atoms in total. The molecule has 6 heteroatoms. The van der Waals surface area contributed by atoms with E-state index in [0.717, 1.165) is 0 Å². The first-order chi connectivity index (χ1) is 6.05. The second-order valence-corrected chi connectivity index (χ2v) is 2.55. The fourth-order valence-corrected chi connectivity index (χ4v) is 0.950. The number of nitrogens with one attached hydrogen (secondary N) is 2. The van der Waals surface area contributed by atoms with Crippen LogP contribution in [0.5, 0.6) is 0 Å². The van der Waals surface area contributed by atoms with E-state index in [-0.39, 0.29) is 12.1 Å². The number of aromatic amines is 1. The van der Waals surface area contributed by atoms with Crippen LogP contribution in [0.15, 0.2) is 6.20 Å². The second-order valence-electron chi connectivity index (χ2n) is 2.55. The van der Waals surface area contributed by atoms with Gasteiger partial charge in [0.2, 0.25) is 0 Å². The third-order valence-corrected chi connectivity index (χ3v) is 1.57. The highest BCUT2D eigenvalue weighted by molar-refractivity contribution is 5.18. The lowest BCUT2D eigenvalue weighted by Crippen LogP contribution is -2.16. The Morgan fingerprint density at radius 2 is 2.23 bits per heavy atom. The molecule has 1 heterocycles. The lowest BCUT2D eigenvalue weighted by atomic mass is 10.2.